The minimum atomic E-state index is -3.74. The molecule has 3 N–H and O–H groups in total. The van der Waals surface area contributed by atoms with Crippen molar-refractivity contribution in [3.63, 3.8) is 0 Å². The summed E-state index contributed by atoms with van der Waals surface area (Å²) >= 11 is 0. The number of aromatic nitrogens is 1. The maximum atomic E-state index is 12.3. The van der Waals surface area contributed by atoms with Gasteiger partial charge in [0.05, 0.1) is 10.9 Å². The summed E-state index contributed by atoms with van der Waals surface area (Å²) < 4.78 is 27.8. The van der Waals surface area contributed by atoms with Gasteiger partial charge in [0, 0.05) is 11.6 Å². The number of hydrogen-bond acceptors (Lipinski definition) is 5. The number of rotatable bonds is 5. The zero-order valence-corrected chi connectivity index (χ0v) is 14.7. The summed E-state index contributed by atoms with van der Waals surface area (Å²) in [4.78, 5) is 12.4. The molecule has 0 aliphatic heterocycles. The molecule has 3 aromatic rings. The number of carbonyl (C=O) groups excluding carboxylic acids is 1. The van der Waals surface area contributed by atoms with Gasteiger partial charge in [0.15, 0.2) is 11.5 Å². The van der Waals surface area contributed by atoms with Crippen LogP contribution in [0.15, 0.2) is 70.1 Å². The molecule has 8 heteroatoms. The van der Waals surface area contributed by atoms with Crippen molar-refractivity contribution in [2.75, 3.05) is 0 Å². The van der Waals surface area contributed by atoms with Crippen LogP contribution in [0.1, 0.15) is 29.0 Å². The second kappa shape index (κ2) is 7.11. The molecule has 0 spiro atoms. The molecule has 2 aromatic carbocycles. The van der Waals surface area contributed by atoms with Gasteiger partial charge in [-0.05, 0) is 24.6 Å². The van der Waals surface area contributed by atoms with E-state index in [0.717, 1.165) is 11.1 Å². The number of nitrogens with two attached hydrogens (primary N) is 1. The number of primary sulfonamides is 1. The zero-order chi connectivity index (χ0) is 18.7. The lowest BCUT2D eigenvalue weighted by atomic mass is 10.1. The van der Waals surface area contributed by atoms with Gasteiger partial charge in [0.1, 0.15) is 0 Å². The van der Waals surface area contributed by atoms with Crippen LogP contribution in [0.3, 0.4) is 0 Å². The Morgan fingerprint density at radius 1 is 1.12 bits per heavy atom. The molecular formula is C18H17N3O4S. The summed E-state index contributed by atoms with van der Waals surface area (Å²) in [6.07, 6.45) is 0. The lowest BCUT2D eigenvalue weighted by Crippen LogP contribution is -2.26. The molecular weight excluding hydrogens is 354 g/mol. The highest BCUT2D eigenvalue weighted by atomic mass is 32.2. The van der Waals surface area contributed by atoms with E-state index >= 15 is 0 Å². The fourth-order valence-electron chi connectivity index (χ4n) is 2.42. The summed E-state index contributed by atoms with van der Waals surface area (Å²) in [7, 11) is -3.74. The third-order valence-corrected chi connectivity index (χ3v) is 4.79. The Kier molecular flexibility index (Phi) is 4.88. The Morgan fingerprint density at radius 2 is 1.77 bits per heavy atom. The minimum Gasteiger partial charge on any atom is -0.355 e. The molecule has 0 radical (unpaired) electrons. The van der Waals surface area contributed by atoms with Gasteiger partial charge in [-0.1, -0.05) is 47.6 Å². The smallest absolute Gasteiger partial charge is 0.273 e. The van der Waals surface area contributed by atoms with Crippen LogP contribution in [0.2, 0.25) is 0 Å². The molecule has 26 heavy (non-hydrogen) atoms. The van der Waals surface area contributed by atoms with Gasteiger partial charge in [-0.15, -0.1) is 0 Å². The molecule has 1 amide bonds. The van der Waals surface area contributed by atoms with E-state index in [1.54, 1.807) is 25.1 Å². The molecule has 3 rings (SSSR count). The van der Waals surface area contributed by atoms with Crippen molar-refractivity contribution in [3.8, 4) is 11.3 Å². The molecule has 0 aliphatic rings. The van der Waals surface area contributed by atoms with Gasteiger partial charge in [-0.3, -0.25) is 4.79 Å². The Labute approximate surface area is 150 Å². The fourth-order valence-corrected chi connectivity index (χ4v) is 2.94. The molecule has 0 aliphatic carbocycles. The second-order valence-corrected chi connectivity index (χ2v) is 7.31. The first-order valence-electron chi connectivity index (χ1n) is 7.80. The highest BCUT2D eigenvalue weighted by Gasteiger charge is 2.17. The molecule has 1 unspecified atom stereocenters. The third-order valence-electron chi connectivity index (χ3n) is 3.86. The van der Waals surface area contributed by atoms with Crippen LogP contribution in [-0.4, -0.2) is 19.5 Å². The van der Waals surface area contributed by atoms with Crippen LogP contribution in [0.25, 0.3) is 11.3 Å². The van der Waals surface area contributed by atoms with E-state index < -0.39 is 10.0 Å². The molecule has 0 fully saturated rings. The van der Waals surface area contributed by atoms with Crippen molar-refractivity contribution >= 4 is 15.9 Å². The first-order valence-corrected chi connectivity index (χ1v) is 9.35. The molecule has 0 saturated heterocycles. The molecule has 1 aromatic heterocycles. The molecule has 7 nitrogen and oxygen atoms in total. The predicted molar refractivity (Wildman–Crippen MR) is 95.6 cm³/mol. The minimum absolute atomic E-state index is 0.0174. The van der Waals surface area contributed by atoms with Crippen molar-refractivity contribution in [1.82, 2.24) is 10.5 Å². The summed E-state index contributed by atoms with van der Waals surface area (Å²) in [5.74, 6) is 0.111. The van der Waals surface area contributed by atoms with E-state index in [0.29, 0.717) is 5.76 Å². The predicted octanol–water partition coefficient (Wildman–Crippen LogP) is 2.48. The summed E-state index contributed by atoms with van der Waals surface area (Å²) in [6, 6.07) is 16.6. The van der Waals surface area contributed by atoms with Gasteiger partial charge in [-0.25, -0.2) is 13.6 Å². The topological polar surface area (TPSA) is 115 Å². The van der Waals surface area contributed by atoms with Crippen molar-refractivity contribution < 1.29 is 17.7 Å². The average molecular weight is 371 g/mol. The second-order valence-electron chi connectivity index (χ2n) is 5.75. The Balaban J connectivity index is 1.71. The largest absolute Gasteiger partial charge is 0.355 e. The van der Waals surface area contributed by atoms with Crippen molar-refractivity contribution in [1.29, 1.82) is 0 Å². The highest BCUT2D eigenvalue weighted by molar-refractivity contribution is 7.89. The number of nitrogens with zero attached hydrogens (tertiary/aromatic N) is 1. The summed E-state index contributed by atoms with van der Waals surface area (Å²) in [5.41, 5.74) is 1.72. The van der Waals surface area contributed by atoms with Crippen molar-refractivity contribution in [3.05, 3.63) is 71.9 Å². The van der Waals surface area contributed by atoms with E-state index in [4.69, 9.17) is 9.66 Å². The first-order chi connectivity index (χ1) is 12.3. The monoisotopic (exact) mass is 371 g/mol. The van der Waals surface area contributed by atoms with Gasteiger partial charge < -0.3 is 9.84 Å². The molecule has 1 heterocycles. The average Bonchev–Trinajstić information content (AvgIpc) is 3.12. The lowest BCUT2D eigenvalue weighted by Gasteiger charge is -2.13. The standard InChI is InChI=1S/C18H17N3O4S/c1-12(13-7-9-15(10-8-13)26(19,23)24)20-18(22)16-11-17(25-21-16)14-5-3-2-4-6-14/h2-12H,1H3,(H,20,22)(H2,19,23,24). The van der Waals surface area contributed by atoms with Crippen LogP contribution in [0, 0.1) is 0 Å². The van der Waals surface area contributed by atoms with Crippen LogP contribution < -0.4 is 10.5 Å². The quantitative estimate of drug-likeness (QED) is 0.715. The third kappa shape index (κ3) is 3.98. The van der Waals surface area contributed by atoms with E-state index in [1.165, 1.54) is 12.1 Å². The fraction of sp³-hybridized carbons (Fsp3) is 0.111. The molecule has 0 bridgehead atoms. The molecule has 0 saturated carbocycles. The van der Waals surface area contributed by atoms with E-state index in [2.05, 4.69) is 10.5 Å². The van der Waals surface area contributed by atoms with Crippen LogP contribution >= 0.6 is 0 Å². The number of carbonyl (C=O) groups is 1. The zero-order valence-electron chi connectivity index (χ0n) is 13.9. The number of benzene rings is 2. The Hall–Kier alpha value is -2.97. The van der Waals surface area contributed by atoms with Gasteiger partial charge in [0.2, 0.25) is 10.0 Å². The number of amides is 1. The number of nitrogens with one attached hydrogen (secondary N) is 1. The maximum absolute atomic E-state index is 12.3. The van der Waals surface area contributed by atoms with E-state index in [-0.39, 0.29) is 22.5 Å². The van der Waals surface area contributed by atoms with Crippen LogP contribution in [0.5, 0.6) is 0 Å². The van der Waals surface area contributed by atoms with Crippen LogP contribution in [-0.2, 0) is 10.0 Å². The van der Waals surface area contributed by atoms with Gasteiger partial charge in [0.25, 0.3) is 5.91 Å². The van der Waals surface area contributed by atoms with Crippen LogP contribution in [0.4, 0.5) is 0 Å². The van der Waals surface area contributed by atoms with E-state index in [9.17, 15) is 13.2 Å². The maximum Gasteiger partial charge on any atom is 0.273 e. The molecule has 1 atom stereocenters. The van der Waals surface area contributed by atoms with E-state index in [1.807, 2.05) is 30.3 Å². The Morgan fingerprint density at radius 3 is 2.38 bits per heavy atom. The first kappa shape index (κ1) is 17.8. The summed E-state index contributed by atoms with van der Waals surface area (Å²) in [5, 5.41) is 11.7. The van der Waals surface area contributed by atoms with Gasteiger partial charge >= 0.3 is 0 Å². The highest BCUT2D eigenvalue weighted by Crippen LogP contribution is 2.21. The van der Waals surface area contributed by atoms with Gasteiger partial charge in [-0.2, -0.15) is 0 Å². The lowest BCUT2D eigenvalue weighted by molar-refractivity contribution is 0.0931. The molecule has 134 valence electrons. The summed E-state index contributed by atoms with van der Waals surface area (Å²) in [6.45, 7) is 1.78. The van der Waals surface area contributed by atoms with Crippen molar-refractivity contribution in [2.45, 2.75) is 17.9 Å². The number of sulfonamides is 1. The Bertz CT molecular complexity index is 1010. The normalized spacial score (nSPS) is 12.5. The number of hydrogen-bond donors (Lipinski definition) is 2. The SMILES string of the molecule is CC(NC(=O)c1cc(-c2ccccc2)on1)c1ccc(S(N)(=O)=O)cc1. The van der Waals surface area contributed by atoms with Crippen molar-refractivity contribution in [2.24, 2.45) is 5.14 Å².